The Labute approximate surface area is 88.5 Å². The summed E-state index contributed by atoms with van der Waals surface area (Å²) in [6.07, 6.45) is -3.15. The highest BCUT2D eigenvalue weighted by Gasteiger charge is 2.26. The van der Waals surface area contributed by atoms with Crippen molar-refractivity contribution in [2.24, 2.45) is 5.73 Å². The van der Waals surface area contributed by atoms with E-state index in [0.29, 0.717) is 12.1 Å². The van der Waals surface area contributed by atoms with E-state index in [1.807, 2.05) is 0 Å². The van der Waals surface area contributed by atoms with Crippen LogP contribution in [0, 0.1) is 17.5 Å². The number of benzene rings is 1. The predicted octanol–water partition coefficient (Wildman–Crippen LogP) is 2.79. The number of hydrogen-bond donors (Lipinski definition) is 1. The number of hydrogen-bond acceptors (Lipinski definition) is 1. The second-order valence-electron chi connectivity index (χ2n) is 2.62. The fourth-order valence-electron chi connectivity index (χ4n) is 0.974. The van der Waals surface area contributed by atoms with Gasteiger partial charge in [0.25, 0.3) is 6.43 Å². The van der Waals surface area contributed by atoms with E-state index in [2.05, 4.69) is 0 Å². The largest absolute Gasteiger partial charge is 0.319 e. The van der Waals surface area contributed by atoms with Gasteiger partial charge in [0.15, 0.2) is 11.6 Å². The van der Waals surface area contributed by atoms with E-state index in [0.717, 1.165) is 0 Å². The zero-order valence-electron chi connectivity index (χ0n) is 7.18. The van der Waals surface area contributed by atoms with Gasteiger partial charge in [-0.15, -0.1) is 12.4 Å². The van der Waals surface area contributed by atoms with Crippen LogP contribution in [0.25, 0.3) is 0 Å². The Morgan fingerprint density at radius 1 is 1.00 bits per heavy atom. The van der Waals surface area contributed by atoms with Gasteiger partial charge >= 0.3 is 0 Å². The Kier molecular flexibility index (Phi) is 4.96. The van der Waals surface area contributed by atoms with Crippen molar-refractivity contribution in [2.45, 2.75) is 12.5 Å². The van der Waals surface area contributed by atoms with Gasteiger partial charge in [0.05, 0.1) is 6.04 Å². The third-order valence-corrected chi connectivity index (χ3v) is 1.68. The van der Waals surface area contributed by atoms with Crippen molar-refractivity contribution in [2.75, 3.05) is 0 Å². The van der Waals surface area contributed by atoms with E-state index >= 15 is 0 Å². The highest BCUT2D eigenvalue weighted by molar-refractivity contribution is 5.85. The topological polar surface area (TPSA) is 26.0 Å². The molecule has 0 aliphatic rings. The second kappa shape index (κ2) is 5.27. The lowest BCUT2D eigenvalue weighted by Gasteiger charge is -2.12. The van der Waals surface area contributed by atoms with Crippen LogP contribution in [-0.2, 0) is 0 Å². The Balaban J connectivity index is 0.00000196. The van der Waals surface area contributed by atoms with Crippen LogP contribution < -0.4 is 5.73 Å². The van der Waals surface area contributed by atoms with E-state index in [1.165, 1.54) is 0 Å². The van der Waals surface area contributed by atoms with Crippen LogP contribution in [0.15, 0.2) is 12.1 Å². The van der Waals surface area contributed by atoms with Crippen molar-refractivity contribution < 1.29 is 22.0 Å². The van der Waals surface area contributed by atoms with Crippen molar-refractivity contribution in [3.8, 4) is 0 Å². The van der Waals surface area contributed by atoms with Crippen LogP contribution in [0.4, 0.5) is 22.0 Å². The highest BCUT2D eigenvalue weighted by atomic mass is 35.5. The van der Waals surface area contributed by atoms with Crippen molar-refractivity contribution in [1.82, 2.24) is 0 Å². The van der Waals surface area contributed by atoms with Crippen LogP contribution in [-0.4, -0.2) is 6.43 Å². The molecule has 0 aliphatic heterocycles. The normalized spacial score (nSPS) is 12.5. The minimum Gasteiger partial charge on any atom is -0.319 e. The van der Waals surface area contributed by atoms with Gasteiger partial charge in [0.2, 0.25) is 0 Å². The molecule has 0 saturated carbocycles. The van der Waals surface area contributed by atoms with Crippen LogP contribution >= 0.6 is 12.4 Å². The summed E-state index contributed by atoms with van der Waals surface area (Å²) >= 11 is 0. The van der Waals surface area contributed by atoms with Gasteiger partial charge in [0, 0.05) is 5.56 Å². The van der Waals surface area contributed by atoms with Crippen LogP contribution in [0.3, 0.4) is 0 Å². The van der Waals surface area contributed by atoms with Gasteiger partial charge in [-0.3, -0.25) is 0 Å². The molecule has 1 rings (SSSR count). The molecule has 1 nitrogen and oxygen atoms in total. The number of alkyl halides is 2. The van der Waals surface area contributed by atoms with E-state index in [1.54, 1.807) is 0 Å². The van der Waals surface area contributed by atoms with Crippen molar-refractivity contribution in [1.29, 1.82) is 0 Å². The number of nitrogens with two attached hydrogens (primary N) is 1. The summed E-state index contributed by atoms with van der Waals surface area (Å²) in [7, 11) is 0. The molecule has 0 saturated heterocycles. The average molecular weight is 248 g/mol. The molecule has 0 amide bonds. The zero-order chi connectivity index (χ0) is 10.9. The maximum Gasteiger partial charge on any atom is 0.257 e. The first kappa shape index (κ1) is 14.1. The van der Waals surface area contributed by atoms with Crippen LogP contribution in [0.1, 0.15) is 11.6 Å². The molecule has 1 atom stereocenters. The van der Waals surface area contributed by atoms with E-state index in [9.17, 15) is 22.0 Å². The molecule has 0 unspecified atom stereocenters. The number of halogens is 6. The summed E-state index contributed by atoms with van der Waals surface area (Å²) in [6.45, 7) is 0. The first-order chi connectivity index (χ1) is 6.45. The molecule has 86 valence electrons. The van der Waals surface area contributed by atoms with Crippen LogP contribution in [0.2, 0.25) is 0 Å². The molecule has 0 spiro atoms. The molecule has 1 aromatic rings. The summed E-state index contributed by atoms with van der Waals surface area (Å²) in [5.74, 6) is -4.35. The maximum absolute atomic E-state index is 12.8. The highest BCUT2D eigenvalue weighted by Crippen LogP contribution is 2.25. The van der Waals surface area contributed by atoms with Gasteiger partial charge in [0.1, 0.15) is 5.82 Å². The fraction of sp³-hybridized carbons (Fsp3) is 0.250. The average Bonchev–Trinajstić information content (AvgIpc) is 2.12. The molecule has 7 heteroatoms. The minimum absolute atomic E-state index is 0. The van der Waals surface area contributed by atoms with Crippen molar-refractivity contribution in [3.63, 3.8) is 0 Å². The Hall–Kier alpha value is -0.880. The number of rotatable bonds is 2. The molecule has 1 aromatic carbocycles. The summed E-state index contributed by atoms with van der Waals surface area (Å²) < 4.78 is 62.3. The van der Waals surface area contributed by atoms with Gasteiger partial charge < -0.3 is 5.73 Å². The molecular weight excluding hydrogens is 241 g/mol. The van der Waals surface area contributed by atoms with Gasteiger partial charge in [-0.25, -0.2) is 22.0 Å². The predicted molar refractivity (Wildman–Crippen MR) is 46.5 cm³/mol. The van der Waals surface area contributed by atoms with Crippen LogP contribution in [0.5, 0.6) is 0 Å². The smallest absolute Gasteiger partial charge is 0.257 e. The van der Waals surface area contributed by atoms with Crippen molar-refractivity contribution in [3.05, 3.63) is 35.1 Å². The van der Waals surface area contributed by atoms with Gasteiger partial charge in [-0.2, -0.15) is 0 Å². The Morgan fingerprint density at radius 3 is 1.93 bits per heavy atom. The van der Waals surface area contributed by atoms with Gasteiger partial charge in [-0.05, 0) is 12.1 Å². The molecule has 0 heterocycles. The quantitative estimate of drug-likeness (QED) is 0.631. The summed E-state index contributed by atoms with van der Waals surface area (Å²) in [6, 6.07) is -1.10. The molecule has 0 aromatic heterocycles. The minimum atomic E-state index is -3.15. The first-order valence-corrected chi connectivity index (χ1v) is 3.62. The fourth-order valence-corrected chi connectivity index (χ4v) is 0.974. The summed E-state index contributed by atoms with van der Waals surface area (Å²) in [5, 5.41) is 0. The molecule has 0 radical (unpaired) electrons. The monoisotopic (exact) mass is 247 g/mol. The second-order valence-corrected chi connectivity index (χ2v) is 2.62. The molecule has 0 bridgehead atoms. The third-order valence-electron chi connectivity index (χ3n) is 1.68. The Morgan fingerprint density at radius 2 is 1.47 bits per heavy atom. The zero-order valence-corrected chi connectivity index (χ0v) is 8.00. The van der Waals surface area contributed by atoms with E-state index in [4.69, 9.17) is 5.73 Å². The molecular formula is C8H7ClF5N. The van der Waals surface area contributed by atoms with E-state index < -0.39 is 35.5 Å². The van der Waals surface area contributed by atoms with E-state index in [-0.39, 0.29) is 12.4 Å². The maximum atomic E-state index is 12.8. The lowest BCUT2D eigenvalue weighted by Crippen LogP contribution is -2.22. The van der Waals surface area contributed by atoms with Crippen molar-refractivity contribution >= 4 is 12.4 Å². The van der Waals surface area contributed by atoms with Gasteiger partial charge in [-0.1, -0.05) is 0 Å². The Bertz CT molecular complexity index is 344. The lowest BCUT2D eigenvalue weighted by molar-refractivity contribution is 0.112. The summed E-state index contributed by atoms with van der Waals surface area (Å²) in [4.78, 5) is 0. The standard InChI is InChI=1S/C8H6F5N.ClH/c9-3-1-2-4(10)6(11)5(3)7(14)8(12)13;/h1-2,7-8H,14H2;1H/t7-;/m0./s1. The molecule has 15 heavy (non-hydrogen) atoms. The lowest BCUT2D eigenvalue weighted by atomic mass is 10.1. The third kappa shape index (κ3) is 2.79. The summed E-state index contributed by atoms with van der Waals surface area (Å²) in [5.41, 5.74) is 3.69. The molecule has 0 aliphatic carbocycles. The molecule has 2 N–H and O–H groups in total. The SMILES string of the molecule is Cl.N[C@@H](c1c(F)ccc(F)c1F)C(F)F. The first-order valence-electron chi connectivity index (χ1n) is 3.62. The molecule has 0 fully saturated rings.